The van der Waals surface area contributed by atoms with Crippen LogP contribution in [0.2, 0.25) is 0 Å². The highest BCUT2D eigenvalue weighted by molar-refractivity contribution is 7.88. The first-order valence-electron chi connectivity index (χ1n) is 12.8. The lowest BCUT2D eigenvalue weighted by atomic mass is 9.94. The predicted octanol–water partition coefficient (Wildman–Crippen LogP) is 0.271. The zero-order valence-corrected chi connectivity index (χ0v) is 23.0. The third-order valence-corrected chi connectivity index (χ3v) is 8.20. The van der Waals surface area contributed by atoms with Crippen molar-refractivity contribution < 1.29 is 36.7 Å². The van der Waals surface area contributed by atoms with Crippen LogP contribution in [0.5, 0.6) is 5.75 Å². The molecule has 2 aliphatic heterocycles. The van der Waals surface area contributed by atoms with Crippen molar-refractivity contribution in [1.82, 2.24) is 29.5 Å². The molecule has 41 heavy (non-hydrogen) atoms. The fraction of sp³-hybridized carbons (Fsp3) is 0.385. The van der Waals surface area contributed by atoms with E-state index >= 15 is 0 Å². The molecular weight excluding hydrogens is 559 g/mol. The number of hydrogen-bond acceptors (Lipinski definition) is 9. The molecule has 5 rings (SSSR count). The number of hydrogen-bond donors (Lipinski definition) is 2. The molecule has 2 N–H and O–H groups in total. The van der Waals surface area contributed by atoms with Gasteiger partial charge in [-0.1, -0.05) is 6.07 Å². The summed E-state index contributed by atoms with van der Waals surface area (Å²) in [4.78, 5) is 54.5. The lowest BCUT2D eigenvalue weighted by molar-refractivity contribution is -0.122. The number of ether oxygens (including phenoxy) is 1. The minimum absolute atomic E-state index is 0.0237. The Hall–Kier alpha value is -4.24. The fourth-order valence-corrected chi connectivity index (χ4v) is 5.63. The summed E-state index contributed by atoms with van der Waals surface area (Å²) in [5.41, 5.74) is 0.611. The van der Waals surface area contributed by atoms with Crippen molar-refractivity contribution in [2.24, 2.45) is 5.92 Å². The first-order chi connectivity index (χ1) is 19.4. The topological polar surface area (TPSA) is 169 Å². The van der Waals surface area contributed by atoms with E-state index in [9.17, 15) is 32.0 Å². The van der Waals surface area contributed by atoms with Gasteiger partial charge in [0.1, 0.15) is 23.7 Å². The van der Waals surface area contributed by atoms with Gasteiger partial charge >= 0.3 is 0 Å². The maximum absolute atomic E-state index is 14.4. The minimum atomic E-state index is -3.31. The Morgan fingerprint density at radius 3 is 2.68 bits per heavy atom. The molecule has 2 amide bonds. The van der Waals surface area contributed by atoms with Crippen LogP contribution < -0.4 is 15.4 Å². The predicted molar refractivity (Wildman–Crippen MR) is 141 cm³/mol. The van der Waals surface area contributed by atoms with Gasteiger partial charge in [0.2, 0.25) is 10.0 Å². The Morgan fingerprint density at radius 1 is 1.20 bits per heavy atom. The third-order valence-electron chi connectivity index (χ3n) is 6.96. The molecule has 2 aliphatic rings. The van der Waals surface area contributed by atoms with Gasteiger partial charge in [0, 0.05) is 44.1 Å². The fourth-order valence-electron chi connectivity index (χ4n) is 4.67. The number of sulfonamides is 1. The average Bonchev–Trinajstić information content (AvgIpc) is 3.27. The van der Waals surface area contributed by atoms with Gasteiger partial charge < -0.3 is 15.4 Å². The van der Waals surface area contributed by atoms with Crippen LogP contribution in [0.4, 0.5) is 4.39 Å². The van der Waals surface area contributed by atoms with Crippen molar-refractivity contribution in [1.29, 1.82) is 0 Å². The number of ketones is 2. The molecule has 1 aromatic carbocycles. The molecule has 3 aromatic rings. The van der Waals surface area contributed by atoms with Crippen LogP contribution in [0.3, 0.4) is 0 Å². The quantitative estimate of drug-likeness (QED) is 0.357. The standard InChI is InChI=1S/C26H27FN6O7S/c1-14(22(35)6-16-11-32(12-16)41(2,38)39)30-26(37)21-8-20(31-24-19(27)10-29-33(21)24)25(36)28-9-15-3-4-23-17(5-15)7-18(34)13-40-23/h3-5,8,10,14,16H,6-7,9,11-13H2,1-2H3,(H,28,36)(H,30,37)/t14-/m0/s1. The van der Waals surface area contributed by atoms with Crippen molar-refractivity contribution >= 4 is 39.1 Å². The Bertz CT molecular complexity index is 1680. The highest BCUT2D eigenvalue weighted by atomic mass is 32.2. The van der Waals surface area contributed by atoms with Crippen molar-refractivity contribution in [3.8, 4) is 5.75 Å². The lowest BCUT2D eigenvalue weighted by Crippen LogP contribution is -2.51. The summed E-state index contributed by atoms with van der Waals surface area (Å²) >= 11 is 0. The van der Waals surface area contributed by atoms with Gasteiger partial charge in [0.05, 0.1) is 18.5 Å². The molecule has 4 heterocycles. The second kappa shape index (κ2) is 11.0. The molecule has 1 atom stereocenters. The summed E-state index contributed by atoms with van der Waals surface area (Å²) < 4.78 is 45.1. The summed E-state index contributed by atoms with van der Waals surface area (Å²) in [6, 6.07) is 5.42. The number of amides is 2. The molecular formula is C26H27FN6O7S. The van der Waals surface area contributed by atoms with E-state index in [4.69, 9.17) is 4.74 Å². The number of carbonyl (C=O) groups is 4. The van der Waals surface area contributed by atoms with Crippen molar-refractivity contribution in [2.45, 2.75) is 32.4 Å². The smallest absolute Gasteiger partial charge is 0.270 e. The van der Waals surface area contributed by atoms with Crippen LogP contribution in [-0.2, 0) is 32.6 Å². The number of benzene rings is 1. The van der Waals surface area contributed by atoms with Crippen LogP contribution in [0, 0.1) is 11.7 Å². The number of carbonyl (C=O) groups excluding carboxylic acids is 4. The lowest BCUT2D eigenvalue weighted by Gasteiger charge is -2.37. The zero-order valence-electron chi connectivity index (χ0n) is 22.2. The van der Waals surface area contributed by atoms with Crippen LogP contribution in [-0.4, -0.2) is 82.7 Å². The average molecular weight is 587 g/mol. The second-order valence-electron chi connectivity index (χ2n) is 10.2. The van der Waals surface area contributed by atoms with Gasteiger partial charge in [-0.15, -0.1) is 0 Å². The summed E-state index contributed by atoms with van der Waals surface area (Å²) in [5.74, 6) is -2.21. The van der Waals surface area contributed by atoms with Gasteiger partial charge in [-0.3, -0.25) is 19.2 Å². The van der Waals surface area contributed by atoms with E-state index in [1.807, 2.05) is 0 Å². The van der Waals surface area contributed by atoms with E-state index in [1.165, 1.54) is 11.2 Å². The van der Waals surface area contributed by atoms with Crippen molar-refractivity contribution in [2.75, 3.05) is 26.0 Å². The van der Waals surface area contributed by atoms with Gasteiger partial charge in [-0.05, 0) is 30.5 Å². The van der Waals surface area contributed by atoms with E-state index in [0.717, 1.165) is 23.0 Å². The largest absolute Gasteiger partial charge is 0.486 e. The first kappa shape index (κ1) is 28.3. The minimum Gasteiger partial charge on any atom is -0.486 e. The van der Waals surface area contributed by atoms with E-state index in [1.54, 1.807) is 18.2 Å². The van der Waals surface area contributed by atoms with E-state index in [0.29, 0.717) is 16.9 Å². The molecule has 13 nitrogen and oxygen atoms in total. The molecule has 0 radical (unpaired) electrons. The summed E-state index contributed by atoms with van der Waals surface area (Å²) in [5, 5.41) is 9.05. The number of halogens is 1. The van der Waals surface area contributed by atoms with Gasteiger partial charge in [0.25, 0.3) is 11.8 Å². The SMILES string of the molecule is C[C@H](NC(=O)c1cc(C(=O)NCc2ccc3c(c2)CC(=O)CO3)nc2c(F)cnn12)C(=O)CC1CN(S(C)(=O)=O)C1. The Kier molecular flexibility index (Phi) is 7.57. The number of aromatic nitrogens is 3. The molecule has 1 saturated heterocycles. The van der Waals surface area contributed by atoms with Crippen LogP contribution >= 0.6 is 0 Å². The van der Waals surface area contributed by atoms with E-state index in [2.05, 4.69) is 20.7 Å². The number of fused-ring (bicyclic) bond motifs is 2. The van der Waals surface area contributed by atoms with Crippen LogP contribution in [0.15, 0.2) is 30.5 Å². The number of nitrogens with one attached hydrogen (secondary N) is 2. The maximum atomic E-state index is 14.4. The third kappa shape index (κ3) is 6.10. The highest BCUT2D eigenvalue weighted by Gasteiger charge is 2.35. The van der Waals surface area contributed by atoms with Crippen molar-refractivity contribution in [3.63, 3.8) is 0 Å². The number of rotatable bonds is 9. The van der Waals surface area contributed by atoms with Crippen LogP contribution in [0.25, 0.3) is 5.65 Å². The summed E-state index contributed by atoms with van der Waals surface area (Å²) in [6.07, 6.45) is 2.26. The maximum Gasteiger partial charge on any atom is 0.270 e. The monoisotopic (exact) mass is 586 g/mol. The molecule has 0 aliphatic carbocycles. The van der Waals surface area contributed by atoms with Gasteiger partial charge in [-0.2, -0.15) is 5.10 Å². The van der Waals surface area contributed by atoms with Crippen LogP contribution in [0.1, 0.15) is 45.4 Å². The summed E-state index contributed by atoms with van der Waals surface area (Å²) in [7, 11) is -3.31. The normalized spacial score (nSPS) is 16.4. The Morgan fingerprint density at radius 2 is 1.95 bits per heavy atom. The van der Waals surface area contributed by atoms with Crippen molar-refractivity contribution in [3.05, 3.63) is 58.8 Å². The van der Waals surface area contributed by atoms with Gasteiger partial charge in [0.15, 0.2) is 23.0 Å². The van der Waals surface area contributed by atoms with E-state index in [-0.39, 0.29) is 73.6 Å². The molecule has 1 fully saturated rings. The molecule has 216 valence electrons. The Labute approximate surface area is 234 Å². The molecule has 2 aromatic heterocycles. The Balaban J connectivity index is 1.26. The number of Topliss-reactive ketones (excluding diaryl/α,β-unsaturated/α-hetero) is 2. The molecule has 0 bridgehead atoms. The first-order valence-corrected chi connectivity index (χ1v) is 14.6. The molecule has 0 unspecified atom stereocenters. The zero-order chi connectivity index (χ0) is 29.5. The molecule has 15 heteroatoms. The van der Waals surface area contributed by atoms with Gasteiger partial charge in [-0.25, -0.2) is 26.6 Å². The van der Waals surface area contributed by atoms with E-state index < -0.39 is 33.7 Å². The molecule has 0 saturated carbocycles. The highest BCUT2D eigenvalue weighted by Crippen LogP contribution is 2.25. The molecule has 0 spiro atoms. The second-order valence-corrected chi connectivity index (χ2v) is 12.2. The summed E-state index contributed by atoms with van der Waals surface area (Å²) in [6.45, 7) is 2.05. The number of nitrogens with zero attached hydrogens (tertiary/aromatic N) is 4.